The lowest BCUT2D eigenvalue weighted by Crippen LogP contribution is -2.62. The van der Waals surface area contributed by atoms with Crippen molar-refractivity contribution in [3.63, 3.8) is 0 Å². The van der Waals surface area contributed by atoms with E-state index in [0.29, 0.717) is 30.0 Å². The summed E-state index contributed by atoms with van der Waals surface area (Å²) < 4.78 is 40.3. The first-order valence-electron chi connectivity index (χ1n) is 13.5. The van der Waals surface area contributed by atoms with Crippen LogP contribution >= 0.6 is 0 Å². The number of anilines is 1. The van der Waals surface area contributed by atoms with Gasteiger partial charge in [-0.1, -0.05) is 36.4 Å². The molecule has 2 saturated heterocycles. The summed E-state index contributed by atoms with van der Waals surface area (Å²) in [6.07, 6.45) is 1.65. The third-order valence-corrected chi connectivity index (χ3v) is 9.17. The van der Waals surface area contributed by atoms with Crippen LogP contribution in [0.25, 0.3) is 10.8 Å². The van der Waals surface area contributed by atoms with Gasteiger partial charge in [-0.2, -0.15) is 4.31 Å². The van der Waals surface area contributed by atoms with Crippen LogP contribution in [0.2, 0.25) is 0 Å². The smallest absolute Gasteiger partial charge is 0.321 e. The van der Waals surface area contributed by atoms with Crippen LogP contribution < -0.4 is 15.4 Å². The monoisotopic (exact) mass is 566 g/mol. The topological polar surface area (TPSA) is 117 Å². The van der Waals surface area contributed by atoms with Gasteiger partial charge in [0.25, 0.3) is 0 Å². The molecule has 0 saturated carbocycles. The van der Waals surface area contributed by atoms with E-state index in [9.17, 15) is 18.0 Å². The summed E-state index contributed by atoms with van der Waals surface area (Å²) in [7, 11) is -4.07. The van der Waals surface area contributed by atoms with E-state index in [-0.39, 0.29) is 37.2 Å². The number of hydrogen-bond acceptors (Lipinski definition) is 6. The average Bonchev–Trinajstić information content (AvgIpc) is 3.50. The molecule has 212 valence electrons. The molecule has 2 aliphatic heterocycles. The molecular formula is C29H34N4O6S. The Balaban J connectivity index is 1.37. The van der Waals surface area contributed by atoms with Gasteiger partial charge in [0.15, 0.2) is 0 Å². The van der Waals surface area contributed by atoms with Crippen LogP contribution in [0.4, 0.5) is 10.5 Å². The second-order valence-corrected chi connectivity index (χ2v) is 11.7. The Labute approximate surface area is 234 Å². The van der Waals surface area contributed by atoms with Crippen molar-refractivity contribution in [2.75, 3.05) is 44.7 Å². The highest BCUT2D eigenvalue weighted by atomic mass is 32.2. The van der Waals surface area contributed by atoms with Crippen LogP contribution in [0.1, 0.15) is 19.8 Å². The van der Waals surface area contributed by atoms with Crippen LogP contribution in [0, 0.1) is 0 Å². The number of nitrogens with zero attached hydrogens (tertiary/aromatic N) is 2. The molecule has 2 aliphatic rings. The molecule has 40 heavy (non-hydrogen) atoms. The molecule has 3 amide bonds. The summed E-state index contributed by atoms with van der Waals surface area (Å²) >= 11 is 0. The van der Waals surface area contributed by atoms with E-state index in [4.69, 9.17) is 9.47 Å². The van der Waals surface area contributed by atoms with E-state index in [1.807, 2.05) is 25.1 Å². The van der Waals surface area contributed by atoms with E-state index >= 15 is 0 Å². The van der Waals surface area contributed by atoms with Gasteiger partial charge in [-0.25, -0.2) is 13.2 Å². The number of rotatable bonds is 8. The van der Waals surface area contributed by atoms with Crippen molar-refractivity contribution in [3.05, 3.63) is 66.7 Å². The third kappa shape index (κ3) is 6.06. The average molecular weight is 567 g/mol. The zero-order valence-electron chi connectivity index (χ0n) is 22.4. The molecule has 11 heteroatoms. The van der Waals surface area contributed by atoms with Crippen LogP contribution in [-0.4, -0.2) is 81.1 Å². The number of carbonyl (C=O) groups excluding carboxylic acids is 2. The summed E-state index contributed by atoms with van der Waals surface area (Å²) in [6.45, 7) is 3.37. The van der Waals surface area contributed by atoms with Gasteiger partial charge >= 0.3 is 6.03 Å². The number of benzene rings is 3. The zero-order valence-corrected chi connectivity index (χ0v) is 23.2. The first-order chi connectivity index (χ1) is 19.4. The number of nitrogens with one attached hydrogen (secondary N) is 2. The molecular weight excluding hydrogens is 532 g/mol. The van der Waals surface area contributed by atoms with Gasteiger partial charge in [-0.05, 0) is 55.5 Å². The number of carbonyl (C=O) groups is 2. The van der Waals surface area contributed by atoms with Crippen molar-refractivity contribution in [1.29, 1.82) is 0 Å². The van der Waals surface area contributed by atoms with Crippen LogP contribution in [-0.2, 0) is 19.6 Å². The van der Waals surface area contributed by atoms with E-state index in [0.717, 1.165) is 18.2 Å². The molecule has 0 bridgehead atoms. The molecule has 10 nitrogen and oxygen atoms in total. The van der Waals surface area contributed by atoms with Crippen LogP contribution in [0.5, 0.6) is 5.75 Å². The molecule has 2 fully saturated rings. The minimum atomic E-state index is -4.07. The Morgan fingerprint density at radius 1 is 1.02 bits per heavy atom. The predicted octanol–water partition coefficient (Wildman–Crippen LogP) is 3.44. The van der Waals surface area contributed by atoms with Crippen LogP contribution in [0.15, 0.2) is 71.6 Å². The van der Waals surface area contributed by atoms with E-state index in [1.165, 1.54) is 9.21 Å². The number of piperazine rings is 1. The number of amides is 3. The summed E-state index contributed by atoms with van der Waals surface area (Å²) in [5.41, 5.74) is 0.568. The summed E-state index contributed by atoms with van der Waals surface area (Å²) in [5.74, 6) is 0.230. The second-order valence-electron chi connectivity index (χ2n) is 9.82. The maximum Gasteiger partial charge on any atom is 0.321 e. The SMILES string of the molecule is CCOc1ccc(NC(=O)N2CCN(S(=O)(=O)c3cccc4ccccc34)C(C(=O)NCC3CCCO3)C2)cc1. The molecule has 3 aromatic carbocycles. The van der Waals surface area contributed by atoms with Gasteiger partial charge in [-0.15, -0.1) is 0 Å². The van der Waals surface area contributed by atoms with Gasteiger partial charge in [0.05, 0.1) is 17.6 Å². The fourth-order valence-electron chi connectivity index (χ4n) is 5.14. The number of sulfonamides is 1. The maximum absolute atomic E-state index is 14.0. The number of urea groups is 1. The molecule has 0 aromatic heterocycles. The van der Waals surface area contributed by atoms with Crippen molar-refractivity contribution in [1.82, 2.24) is 14.5 Å². The largest absolute Gasteiger partial charge is 0.494 e. The first kappa shape index (κ1) is 27.9. The highest BCUT2D eigenvalue weighted by Gasteiger charge is 2.42. The van der Waals surface area contributed by atoms with Crippen LogP contribution in [0.3, 0.4) is 0 Å². The Hall–Kier alpha value is -3.67. The minimum Gasteiger partial charge on any atom is -0.494 e. The van der Waals surface area contributed by atoms with Crippen molar-refractivity contribution in [2.24, 2.45) is 0 Å². The van der Waals surface area contributed by atoms with Gasteiger partial charge in [0, 0.05) is 43.9 Å². The fourth-order valence-corrected chi connectivity index (χ4v) is 6.93. The van der Waals surface area contributed by atoms with E-state index in [2.05, 4.69) is 10.6 Å². The molecule has 0 spiro atoms. The van der Waals surface area contributed by atoms with Gasteiger partial charge < -0.3 is 25.0 Å². The zero-order chi connectivity index (χ0) is 28.1. The number of hydrogen-bond donors (Lipinski definition) is 2. The molecule has 0 radical (unpaired) electrons. The minimum absolute atomic E-state index is 0.0275. The van der Waals surface area contributed by atoms with Crippen molar-refractivity contribution >= 4 is 38.4 Å². The number of ether oxygens (including phenoxy) is 2. The molecule has 5 rings (SSSR count). The molecule has 2 atom stereocenters. The lowest BCUT2D eigenvalue weighted by Gasteiger charge is -2.39. The highest BCUT2D eigenvalue weighted by molar-refractivity contribution is 7.89. The van der Waals surface area contributed by atoms with E-state index < -0.39 is 28.0 Å². The Morgan fingerprint density at radius 3 is 2.55 bits per heavy atom. The summed E-state index contributed by atoms with van der Waals surface area (Å²) in [4.78, 5) is 28.3. The maximum atomic E-state index is 14.0. The lowest BCUT2D eigenvalue weighted by molar-refractivity contribution is -0.126. The Kier molecular flexibility index (Phi) is 8.53. The number of fused-ring (bicyclic) bond motifs is 1. The predicted molar refractivity (Wildman–Crippen MR) is 152 cm³/mol. The third-order valence-electron chi connectivity index (χ3n) is 7.20. The second kappa shape index (κ2) is 12.2. The van der Waals surface area contributed by atoms with Gasteiger partial charge in [-0.3, -0.25) is 4.79 Å². The summed E-state index contributed by atoms with van der Waals surface area (Å²) in [5, 5.41) is 7.08. The molecule has 2 N–H and O–H groups in total. The standard InChI is InChI=1S/C29H34N4O6S/c1-2-38-23-14-12-22(13-15-23)31-29(35)32-16-17-33(26(20-32)28(34)30-19-24-9-6-18-39-24)40(36,37)27-11-5-8-21-7-3-4-10-25(21)27/h3-5,7-8,10-15,24,26H,2,6,9,16-20H2,1H3,(H,30,34)(H,31,35). The van der Waals surface area contributed by atoms with Gasteiger partial charge in [0.1, 0.15) is 11.8 Å². The van der Waals surface area contributed by atoms with Crippen molar-refractivity contribution < 1.29 is 27.5 Å². The summed E-state index contributed by atoms with van der Waals surface area (Å²) in [6, 6.07) is 17.8. The highest BCUT2D eigenvalue weighted by Crippen LogP contribution is 2.29. The molecule has 2 heterocycles. The fraction of sp³-hybridized carbons (Fsp3) is 0.379. The molecule has 0 aliphatic carbocycles. The Bertz CT molecular complexity index is 1450. The van der Waals surface area contributed by atoms with Crippen molar-refractivity contribution in [2.45, 2.75) is 36.8 Å². The normalized spacial score (nSPS) is 19.9. The quantitative estimate of drug-likeness (QED) is 0.432. The molecule has 3 aromatic rings. The van der Waals surface area contributed by atoms with Gasteiger partial charge in [0.2, 0.25) is 15.9 Å². The lowest BCUT2D eigenvalue weighted by atomic mass is 10.1. The first-order valence-corrected chi connectivity index (χ1v) is 15.0. The molecule has 2 unspecified atom stereocenters. The Morgan fingerprint density at radius 2 is 1.80 bits per heavy atom. The van der Waals surface area contributed by atoms with E-state index in [1.54, 1.807) is 48.5 Å². The van der Waals surface area contributed by atoms with Crippen molar-refractivity contribution in [3.8, 4) is 5.75 Å².